The van der Waals surface area contributed by atoms with Gasteiger partial charge < -0.3 is 4.42 Å². The fraction of sp³-hybridized carbons (Fsp3) is 0.100. The molecule has 0 N–H and O–H groups in total. The van der Waals surface area contributed by atoms with Crippen LogP contribution in [0.3, 0.4) is 0 Å². The largest absolute Gasteiger partial charge is 0.419 e. The molecule has 7 heteroatoms. The van der Waals surface area contributed by atoms with Crippen LogP contribution in [0.1, 0.15) is 18.1 Å². The van der Waals surface area contributed by atoms with Gasteiger partial charge in [0.2, 0.25) is 11.8 Å². The normalized spacial score (nSPS) is 12.2. The predicted molar refractivity (Wildman–Crippen MR) is 105 cm³/mol. The Morgan fingerprint density at radius 1 is 1.00 bits per heavy atom. The molecule has 0 aliphatic carbocycles. The van der Waals surface area contributed by atoms with E-state index in [1.807, 2.05) is 19.1 Å². The van der Waals surface area contributed by atoms with Crippen molar-refractivity contribution in [2.75, 3.05) is 0 Å². The van der Waals surface area contributed by atoms with Crippen molar-refractivity contribution in [3.8, 4) is 11.5 Å². The van der Waals surface area contributed by atoms with E-state index in [0.717, 1.165) is 4.90 Å². The van der Waals surface area contributed by atoms with Crippen LogP contribution in [0, 0.1) is 10.1 Å². The highest BCUT2D eigenvalue weighted by Gasteiger charge is 2.17. The maximum Gasteiger partial charge on any atom is 0.269 e. The lowest BCUT2D eigenvalue weighted by molar-refractivity contribution is -0.384. The van der Waals surface area contributed by atoms with Crippen LogP contribution in [0.15, 0.2) is 76.0 Å². The van der Waals surface area contributed by atoms with Crippen LogP contribution in [-0.2, 0) is 0 Å². The van der Waals surface area contributed by atoms with Crippen LogP contribution >= 0.6 is 11.8 Å². The molecule has 6 nitrogen and oxygen atoms in total. The van der Waals surface area contributed by atoms with Crippen molar-refractivity contribution in [3.63, 3.8) is 0 Å². The molecule has 4 rings (SSSR count). The summed E-state index contributed by atoms with van der Waals surface area (Å²) in [6.07, 6.45) is 0. The van der Waals surface area contributed by atoms with Crippen molar-refractivity contribution < 1.29 is 9.34 Å². The first-order chi connectivity index (χ1) is 13.1. The number of nitro benzene ring substituents is 1. The Morgan fingerprint density at radius 3 is 2.48 bits per heavy atom. The molecule has 1 heterocycles. The van der Waals surface area contributed by atoms with Crippen LogP contribution < -0.4 is 0 Å². The van der Waals surface area contributed by atoms with Crippen molar-refractivity contribution in [3.05, 3.63) is 82.7 Å². The second-order valence-corrected chi connectivity index (χ2v) is 7.43. The van der Waals surface area contributed by atoms with E-state index in [9.17, 15) is 10.1 Å². The van der Waals surface area contributed by atoms with Crippen LogP contribution in [0.5, 0.6) is 0 Å². The predicted octanol–water partition coefficient (Wildman–Crippen LogP) is 5.65. The molecular weight excluding hydrogens is 362 g/mol. The molecule has 4 aromatic rings. The number of thioether (sulfide) groups is 1. The molecule has 0 bridgehead atoms. The fourth-order valence-corrected chi connectivity index (χ4v) is 3.68. The van der Waals surface area contributed by atoms with Gasteiger partial charge in [-0.15, -0.1) is 22.0 Å². The molecule has 3 aromatic carbocycles. The average molecular weight is 377 g/mol. The van der Waals surface area contributed by atoms with Crippen LogP contribution in [0.25, 0.3) is 22.2 Å². The Bertz CT molecular complexity index is 1110. The molecule has 0 fully saturated rings. The van der Waals surface area contributed by atoms with Crippen molar-refractivity contribution in [1.29, 1.82) is 0 Å². The molecule has 0 radical (unpaired) electrons. The summed E-state index contributed by atoms with van der Waals surface area (Å²) in [7, 11) is 0. The maximum atomic E-state index is 10.7. The van der Waals surface area contributed by atoms with Gasteiger partial charge in [-0.05, 0) is 42.0 Å². The van der Waals surface area contributed by atoms with Crippen LogP contribution in [0.4, 0.5) is 5.69 Å². The van der Waals surface area contributed by atoms with E-state index < -0.39 is 4.92 Å². The third-order valence-corrected chi connectivity index (χ3v) is 5.23. The molecular formula is C20H15N3O3S. The van der Waals surface area contributed by atoms with Gasteiger partial charge in [0.15, 0.2) is 0 Å². The van der Waals surface area contributed by atoms with Crippen molar-refractivity contribution >= 4 is 28.2 Å². The lowest BCUT2D eigenvalue weighted by atomic mass is 10.1. The average Bonchev–Trinajstić information content (AvgIpc) is 3.18. The molecule has 0 aliphatic rings. The van der Waals surface area contributed by atoms with E-state index in [2.05, 4.69) is 40.5 Å². The molecule has 0 amide bonds. The highest BCUT2D eigenvalue weighted by Crippen LogP contribution is 2.36. The zero-order valence-corrected chi connectivity index (χ0v) is 15.2. The van der Waals surface area contributed by atoms with Crippen molar-refractivity contribution in [2.45, 2.75) is 17.1 Å². The van der Waals surface area contributed by atoms with Gasteiger partial charge in [0, 0.05) is 22.6 Å². The standard InChI is InChI=1S/C20H15N3O3S/c1-13(27-18-11-8-14-4-2-3-5-16(14)12-18)19-21-22-20(26-19)15-6-9-17(10-7-15)23(24)25/h2-13H,1H3. The number of hydrogen-bond donors (Lipinski definition) is 0. The van der Waals surface area contributed by atoms with E-state index in [0.29, 0.717) is 17.3 Å². The monoisotopic (exact) mass is 377 g/mol. The first-order valence-electron chi connectivity index (χ1n) is 8.34. The summed E-state index contributed by atoms with van der Waals surface area (Å²) in [5.74, 6) is 0.868. The molecule has 27 heavy (non-hydrogen) atoms. The minimum atomic E-state index is -0.439. The Morgan fingerprint density at radius 2 is 1.74 bits per heavy atom. The Balaban J connectivity index is 1.52. The fourth-order valence-electron chi connectivity index (χ4n) is 2.74. The Kier molecular flexibility index (Phi) is 4.60. The van der Waals surface area contributed by atoms with Gasteiger partial charge in [0.05, 0.1) is 10.2 Å². The lowest BCUT2D eigenvalue weighted by Crippen LogP contribution is -1.88. The topological polar surface area (TPSA) is 82.1 Å². The van der Waals surface area contributed by atoms with E-state index in [-0.39, 0.29) is 10.9 Å². The Labute approximate surface area is 159 Å². The lowest BCUT2D eigenvalue weighted by Gasteiger charge is -2.07. The number of hydrogen-bond acceptors (Lipinski definition) is 6. The summed E-state index contributed by atoms with van der Waals surface area (Å²) < 4.78 is 5.78. The SMILES string of the molecule is CC(Sc1ccc2ccccc2c1)c1nnc(-c2ccc([N+](=O)[O-])cc2)o1. The molecule has 1 unspecified atom stereocenters. The summed E-state index contributed by atoms with van der Waals surface area (Å²) in [5, 5.41) is 21.3. The zero-order chi connectivity index (χ0) is 18.8. The molecule has 0 aliphatic heterocycles. The van der Waals surface area contributed by atoms with E-state index in [1.165, 1.54) is 22.9 Å². The summed E-state index contributed by atoms with van der Waals surface area (Å²) in [6, 6.07) is 20.6. The highest BCUT2D eigenvalue weighted by atomic mass is 32.2. The van der Waals surface area contributed by atoms with Crippen LogP contribution in [0.2, 0.25) is 0 Å². The highest BCUT2D eigenvalue weighted by molar-refractivity contribution is 7.99. The Hall–Kier alpha value is -3.19. The van der Waals surface area contributed by atoms with E-state index >= 15 is 0 Å². The smallest absolute Gasteiger partial charge is 0.269 e. The first-order valence-corrected chi connectivity index (χ1v) is 9.22. The van der Waals surface area contributed by atoms with E-state index in [1.54, 1.807) is 23.9 Å². The molecule has 134 valence electrons. The number of nitro groups is 1. The zero-order valence-electron chi connectivity index (χ0n) is 14.4. The summed E-state index contributed by atoms with van der Waals surface area (Å²) in [6.45, 7) is 2.01. The third kappa shape index (κ3) is 3.68. The molecule has 1 aromatic heterocycles. The molecule has 0 spiro atoms. The minimum absolute atomic E-state index is 0.0227. The number of non-ortho nitro benzene ring substituents is 1. The summed E-state index contributed by atoms with van der Waals surface area (Å²) >= 11 is 1.64. The summed E-state index contributed by atoms with van der Waals surface area (Å²) in [4.78, 5) is 11.4. The second-order valence-electron chi connectivity index (χ2n) is 6.02. The first kappa shape index (κ1) is 17.2. The maximum absolute atomic E-state index is 10.7. The van der Waals surface area contributed by atoms with Gasteiger partial charge in [0.1, 0.15) is 0 Å². The van der Waals surface area contributed by atoms with Gasteiger partial charge in [-0.2, -0.15) is 0 Å². The van der Waals surface area contributed by atoms with E-state index in [4.69, 9.17) is 4.42 Å². The number of benzene rings is 3. The molecule has 0 saturated heterocycles. The summed E-state index contributed by atoms with van der Waals surface area (Å²) in [5.41, 5.74) is 0.681. The quantitative estimate of drug-likeness (QED) is 0.254. The van der Waals surface area contributed by atoms with Gasteiger partial charge in [-0.1, -0.05) is 30.3 Å². The minimum Gasteiger partial charge on any atom is -0.419 e. The third-order valence-electron chi connectivity index (χ3n) is 4.15. The van der Waals surface area contributed by atoms with Gasteiger partial charge in [-0.3, -0.25) is 10.1 Å². The number of fused-ring (bicyclic) bond motifs is 1. The number of nitrogens with zero attached hydrogens (tertiary/aromatic N) is 3. The number of rotatable bonds is 5. The van der Waals surface area contributed by atoms with Crippen molar-refractivity contribution in [2.24, 2.45) is 0 Å². The second kappa shape index (κ2) is 7.20. The van der Waals surface area contributed by atoms with Crippen molar-refractivity contribution in [1.82, 2.24) is 10.2 Å². The molecule has 0 saturated carbocycles. The van der Waals surface area contributed by atoms with Gasteiger partial charge >= 0.3 is 0 Å². The van der Waals surface area contributed by atoms with Gasteiger partial charge in [0.25, 0.3) is 5.69 Å². The molecule has 1 atom stereocenters. The number of aromatic nitrogens is 2. The van der Waals surface area contributed by atoms with Gasteiger partial charge in [-0.25, -0.2) is 0 Å². The van der Waals surface area contributed by atoms with Crippen LogP contribution in [-0.4, -0.2) is 15.1 Å².